The molecule has 1 rings (SSSR count). The number of carbonyl (C=O) groups is 1. The zero-order valence-electron chi connectivity index (χ0n) is 8.61. The van der Waals surface area contributed by atoms with E-state index in [1.165, 1.54) is 24.3 Å². The van der Waals surface area contributed by atoms with Crippen molar-refractivity contribution in [2.24, 2.45) is 5.73 Å². The van der Waals surface area contributed by atoms with Crippen molar-refractivity contribution < 1.29 is 13.4 Å². The van der Waals surface area contributed by atoms with Gasteiger partial charge in [0.2, 0.25) is 5.91 Å². The summed E-state index contributed by atoms with van der Waals surface area (Å²) in [5, 5.41) is 2.51. The second-order valence-electron chi connectivity index (χ2n) is 3.08. The summed E-state index contributed by atoms with van der Waals surface area (Å²) in [5.41, 5.74) is 5.20. The Hall–Kier alpha value is -1.27. The quantitative estimate of drug-likeness (QED) is 0.766. The fourth-order valence-corrected chi connectivity index (χ4v) is 2.00. The monoisotopic (exact) mass is 244 g/mol. The highest BCUT2D eigenvalue weighted by atomic mass is 32.2. The first-order chi connectivity index (χ1) is 7.63. The van der Waals surface area contributed by atoms with Crippen molar-refractivity contribution >= 4 is 16.7 Å². The van der Waals surface area contributed by atoms with Crippen molar-refractivity contribution in [3.63, 3.8) is 0 Å². The van der Waals surface area contributed by atoms with Gasteiger partial charge in [0.25, 0.3) is 0 Å². The Balaban J connectivity index is 2.52. The molecule has 1 aromatic carbocycles. The van der Waals surface area contributed by atoms with Gasteiger partial charge < -0.3 is 11.1 Å². The molecule has 0 heterocycles. The molecule has 0 saturated heterocycles. The summed E-state index contributed by atoms with van der Waals surface area (Å²) in [6.07, 6.45) is 0. The number of carbonyl (C=O) groups excluding carboxylic acids is 1. The summed E-state index contributed by atoms with van der Waals surface area (Å²) in [6.45, 7) is 0.703. The standard InChI is InChI=1S/C10H13FN2O2S/c11-8-1-3-9(4-2-8)16(15)7-10(14)13-6-5-12/h1-4H,5-7,12H2,(H,13,14). The van der Waals surface area contributed by atoms with Crippen molar-refractivity contribution in [1.29, 1.82) is 0 Å². The Morgan fingerprint density at radius 1 is 1.38 bits per heavy atom. The van der Waals surface area contributed by atoms with E-state index < -0.39 is 16.6 Å². The zero-order chi connectivity index (χ0) is 12.0. The largest absolute Gasteiger partial charge is 0.354 e. The van der Waals surface area contributed by atoms with Crippen LogP contribution in [0, 0.1) is 5.82 Å². The van der Waals surface area contributed by atoms with Crippen LogP contribution in [0.5, 0.6) is 0 Å². The molecule has 1 amide bonds. The highest BCUT2D eigenvalue weighted by Crippen LogP contribution is 2.07. The maximum absolute atomic E-state index is 12.6. The van der Waals surface area contributed by atoms with Gasteiger partial charge in [0.15, 0.2) is 0 Å². The van der Waals surface area contributed by atoms with Crippen molar-refractivity contribution in [3.05, 3.63) is 30.1 Å². The summed E-state index contributed by atoms with van der Waals surface area (Å²) in [5.74, 6) is -0.854. The molecule has 0 fully saturated rings. The number of rotatable bonds is 5. The fourth-order valence-electron chi connectivity index (χ4n) is 1.05. The number of halogens is 1. The average molecular weight is 244 g/mol. The molecule has 0 radical (unpaired) electrons. The summed E-state index contributed by atoms with van der Waals surface area (Å²) in [4.78, 5) is 11.7. The van der Waals surface area contributed by atoms with E-state index in [9.17, 15) is 13.4 Å². The first kappa shape index (κ1) is 12.8. The molecule has 0 saturated carbocycles. The van der Waals surface area contributed by atoms with Crippen LogP contribution in [0.25, 0.3) is 0 Å². The maximum atomic E-state index is 12.6. The van der Waals surface area contributed by atoms with Crippen molar-refractivity contribution in [1.82, 2.24) is 5.32 Å². The van der Waals surface area contributed by atoms with Crippen LogP contribution in [0.3, 0.4) is 0 Å². The third-order valence-corrected chi connectivity index (χ3v) is 3.13. The van der Waals surface area contributed by atoms with E-state index in [1.54, 1.807) is 0 Å². The van der Waals surface area contributed by atoms with Gasteiger partial charge in [-0.15, -0.1) is 0 Å². The molecule has 0 aromatic heterocycles. The summed E-state index contributed by atoms with van der Waals surface area (Å²) < 4.78 is 24.2. The molecule has 4 nitrogen and oxygen atoms in total. The van der Waals surface area contributed by atoms with Crippen LogP contribution in [0.1, 0.15) is 0 Å². The first-order valence-electron chi connectivity index (χ1n) is 4.74. The Kier molecular flexibility index (Phi) is 5.07. The Morgan fingerprint density at radius 2 is 2.00 bits per heavy atom. The van der Waals surface area contributed by atoms with E-state index in [2.05, 4.69) is 5.32 Å². The van der Waals surface area contributed by atoms with Crippen molar-refractivity contribution in [2.75, 3.05) is 18.8 Å². The van der Waals surface area contributed by atoms with Crippen LogP contribution in [0.4, 0.5) is 4.39 Å². The SMILES string of the molecule is NCCNC(=O)CS(=O)c1ccc(F)cc1. The lowest BCUT2D eigenvalue weighted by molar-refractivity contribution is -0.118. The Labute approximate surface area is 95.5 Å². The molecule has 1 aromatic rings. The lowest BCUT2D eigenvalue weighted by Gasteiger charge is -2.03. The second kappa shape index (κ2) is 6.34. The minimum Gasteiger partial charge on any atom is -0.354 e. The van der Waals surface area contributed by atoms with E-state index in [1.807, 2.05) is 0 Å². The van der Waals surface area contributed by atoms with E-state index in [-0.39, 0.29) is 11.7 Å². The molecule has 88 valence electrons. The number of amides is 1. The third kappa shape index (κ3) is 4.08. The third-order valence-electron chi connectivity index (χ3n) is 1.81. The molecule has 0 aliphatic heterocycles. The van der Waals surface area contributed by atoms with Gasteiger partial charge in [-0.25, -0.2) is 4.39 Å². The predicted molar refractivity (Wildman–Crippen MR) is 59.7 cm³/mol. The molecule has 16 heavy (non-hydrogen) atoms. The number of benzene rings is 1. The van der Waals surface area contributed by atoms with Crippen molar-refractivity contribution in [3.8, 4) is 0 Å². The van der Waals surface area contributed by atoms with Crippen LogP contribution >= 0.6 is 0 Å². The maximum Gasteiger partial charge on any atom is 0.233 e. The van der Waals surface area contributed by atoms with E-state index in [0.29, 0.717) is 18.0 Å². The summed E-state index contributed by atoms with van der Waals surface area (Å²) in [7, 11) is -1.44. The fraction of sp³-hybridized carbons (Fsp3) is 0.300. The average Bonchev–Trinajstić information content (AvgIpc) is 2.27. The first-order valence-corrected chi connectivity index (χ1v) is 6.06. The van der Waals surface area contributed by atoms with Crippen LogP contribution in [0.2, 0.25) is 0 Å². The number of nitrogens with two attached hydrogens (primary N) is 1. The molecule has 1 atom stereocenters. The van der Waals surface area contributed by atoms with Gasteiger partial charge in [-0.2, -0.15) is 0 Å². The minimum absolute atomic E-state index is 0.133. The number of hydrogen-bond donors (Lipinski definition) is 2. The molecular formula is C10H13FN2O2S. The van der Waals surface area contributed by atoms with Crippen LogP contribution in [-0.4, -0.2) is 29.0 Å². The van der Waals surface area contributed by atoms with Crippen LogP contribution in [-0.2, 0) is 15.6 Å². The van der Waals surface area contributed by atoms with Gasteiger partial charge in [0.05, 0.1) is 10.8 Å². The smallest absolute Gasteiger partial charge is 0.233 e. The van der Waals surface area contributed by atoms with Gasteiger partial charge in [-0.3, -0.25) is 9.00 Å². The normalized spacial score (nSPS) is 12.1. The van der Waals surface area contributed by atoms with Crippen LogP contribution in [0.15, 0.2) is 29.2 Å². The molecule has 0 aliphatic carbocycles. The number of nitrogens with one attached hydrogen (secondary N) is 1. The van der Waals surface area contributed by atoms with Crippen LogP contribution < -0.4 is 11.1 Å². The van der Waals surface area contributed by atoms with Gasteiger partial charge in [-0.1, -0.05) is 0 Å². The molecule has 0 spiro atoms. The molecular weight excluding hydrogens is 231 g/mol. The molecule has 3 N–H and O–H groups in total. The highest BCUT2D eigenvalue weighted by Gasteiger charge is 2.09. The Bertz CT molecular complexity index is 381. The molecule has 6 heteroatoms. The van der Waals surface area contributed by atoms with E-state index >= 15 is 0 Å². The molecule has 1 unspecified atom stereocenters. The predicted octanol–water partition coefficient (Wildman–Crippen LogP) is 0.00820. The minimum atomic E-state index is -1.44. The topological polar surface area (TPSA) is 72.2 Å². The van der Waals surface area contributed by atoms with Gasteiger partial charge >= 0.3 is 0 Å². The van der Waals surface area contributed by atoms with Gasteiger partial charge in [0, 0.05) is 18.0 Å². The second-order valence-corrected chi connectivity index (χ2v) is 4.53. The van der Waals surface area contributed by atoms with E-state index in [4.69, 9.17) is 5.73 Å². The lowest BCUT2D eigenvalue weighted by Crippen LogP contribution is -2.32. The summed E-state index contributed by atoms with van der Waals surface area (Å²) in [6, 6.07) is 5.24. The highest BCUT2D eigenvalue weighted by molar-refractivity contribution is 7.85. The van der Waals surface area contributed by atoms with Gasteiger partial charge in [0.1, 0.15) is 11.6 Å². The lowest BCUT2D eigenvalue weighted by atomic mass is 10.4. The van der Waals surface area contributed by atoms with Gasteiger partial charge in [-0.05, 0) is 24.3 Å². The number of hydrogen-bond acceptors (Lipinski definition) is 3. The zero-order valence-corrected chi connectivity index (χ0v) is 9.43. The summed E-state index contributed by atoms with van der Waals surface area (Å²) >= 11 is 0. The molecule has 0 bridgehead atoms. The van der Waals surface area contributed by atoms with Crippen molar-refractivity contribution in [2.45, 2.75) is 4.90 Å². The Morgan fingerprint density at radius 3 is 2.56 bits per heavy atom. The van der Waals surface area contributed by atoms with E-state index in [0.717, 1.165) is 0 Å². The molecule has 0 aliphatic rings.